The van der Waals surface area contributed by atoms with E-state index in [1.54, 1.807) is 0 Å². The Kier molecular flexibility index (Phi) is 4.69. The molecule has 5 heteroatoms. The molecule has 1 aliphatic heterocycles. The van der Waals surface area contributed by atoms with E-state index in [1.807, 2.05) is 26.0 Å². The zero-order valence-corrected chi connectivity index (χ0v) is 12.7. The summed E-state index contributed by atoms with van der Waals surface area (Å²) in [6, 6.07) is 3.70. The number of fused-ring (bicyclic) bond motifs is 1. The number of benzene rings is 1. The highest BCUT2D eigenvalue weighted by Gasteiger charge is 2.17. The monoisotopic (exact) mass is 328 g/mol. The van der Waals surface area contributed by atoms with Crippen LogP contribution in [0, 0.1) is 5.92 Å². The molecule has 1 atom stereocenters. The van der Waals surface area contributed by atoms with Crippen molar-refractivity contribution < 1.29 is 19.0 Å². The molecule has 0 aromatic heterocycles. The fourth-order valence-electron chi connectivity index (χ4n) is 1.67. The van der Waals surface area contributed by atoms with E-state index in [-0.39, 0.29) is 18.5 Å². The number of esters is 1. The lowest BCUT2D eigenvalue weighted by Gasteiger charge is -2.20. The zero-order chi connectivity index (χ0) is 13.8. The van der Waals surface area contributed by atoms with Crippen LogP contribution in [0.25, 0.3) is 0 Å². The van der Waals surface area contributed by atoms with Gasteiger partial charge in [-0.1, -0.05) is 29.8 Å². The Morgan fingerprint density at radius 2 is 2.00 bits per heavy atom. The van der Waals surface area contributed by atoms with E-state index in [4.69, 9.17) is 14.2 Å². The summed E-state index contributed by atoms with van der Waals surface area (Å²) in [4.78, 5) is 11.7. The quantitative estimate of drug-likeness (QED) is 0.795. The highest BCUT2D eigenvalue weighted by Crippen LogP contribution is 2.35. The van der Waals surface area contributed by atoms with Gasteiger partial charge in [-0.25, -0.2) is 0 Å². The molecule has 4 nitrogen and oxygen atoms in total. The SMILES string of the molecule is CCC(C)C(=O)OCc1cc2c(cc1Br)OCCO2. The van der Waals surface area contributed by atoms with Crippen LogP contribution >= 0.6 is 15.9 Å². The number of carbonyl (C=O) groups is 1. The summed E-state index contributed by atoms with van der Waals surface area (Å²) in [5.41, 5.74) is 0.876. The van der Waals surface area contributed by atoms with Gasteiger partial charge in [-0.15, -0.1) is 0 Å². The standard InChI is InChI=1S/C14H17BrO4/c1-3-9(2)14(16)19-8-10-6-12-13(7-11(10)15)18-5-4-17-12/h6-7,9H,3-5,8H2,1-2H3. The van der Waals surface area contributed by atoms with Gasteiger partial charge in [0.1, 0.15) is 19.8 Å². The summed E-state index contributed by atoms with van der Waals surface area (Å²) >= 11 is 3.45. The van der Waals surface area contributed by atoms with Gasteiger partial charge in [0.15, 0.2) is 11.5 Å². The van der Waals surface area contributed by atoms with E-state index in [2.05, 4.69) is 15.9 Å². The Balaban J connectivity index is 2.06. The summed E-state index contributed by atoms with van der Waals surface area (Å²) in [6.07, 6.45) is 0.779. The van der Waals surface area contributed by atoms with Gasteiger partial charge in [0.05, 0.1) is 5.92 Å². The third-order valence-corrected chi connectivity index (χ3v) is 3.83. The third-order valence-electron chi connectivity index (χ3n) is 3.10. The average Bonchev–Trinajstić information content (AvgIpc) is 2.43. The van der Waals surface area contributed by atoms with Gasteiger partial charge in [0.25, 0.3) is 0 Å². The highest BCUT2D eigenvalue weighted by atomic mass is 79.9. The number of hydrogen-bond donors (Lipinski definition) is 0. The molecule has 0 aliphatic carbocycles. The van der Waals surface area contributed by atoms with Gasteiger partial charge in [-0.3, -0.25) is 4.79 Å². The van der Waals surface area contributed by atoms with Crippen molar-refractivity contribution in [3.8, 4) is 11.5 Å². The predicted molar refractivity (Wildman–Crippen MR) is 74.4 cm³/mol. The smallest absolute Gasteiger partial charge is 0.308 e. The summed E-state index contributed by atoms with van der Waals surface area (Å²) in [5, 5.41) is 0. The van der Waals surface area contributed by atoms with Gasteiger partial charge in [-0.2, -0.15) is 0 Å². The molecular formula is C14H17BrO4. The van der Waals surface area contributed by atoms with Crippen LogP contribution in [-0.2, 0) is 16.1 Å². The van der Waals surface area contributed by atoms with E-state index >= 15 is 0 Å². The first-order valence-electron chi connectivity index (χ1n) is 6.36. The Labute approximate surface area is 121 Å². The molecule has 1 heterocycles. The number of halogens is 1. The minimum absolute atomic E-state index is 0.0732. The average molecular weight is 329 g/mol. The van der Waals surface area contributed by atoms with Crippen LogP contribution in [-0.4, -0.2) is 19.2 Å². The Hall–Kier alpha value is -1.23. The van der Waals surface area contributed by atoms with Crippen molar-refractivity contribution in [3.63, 3.8) is 0 Å². The number of ether oxygens (including phenoxy) is 3. The molecule has 1 aromatic rings. The van der Waals surface area contributed by atoms with Crippen LogP contribution in [0.3, 0.4) is 0 Å². The molecule has 0 fully saturated rings. The molecule has 1 aliphatic rings. The van der Waals surface area contributed by atoms with Crippen molar-refractivity contribution in [1.82, 2.24) is 0 Å². The molecule has 0 saturated heterocycles. The second kappa shape index (κ2) is 6.28. The van der Waals surface area contributed by atoms with E-state index in [1.165, 1.54) is 0 Å². The lowest BCUT2D eigenvalue weighted by Crippen LogP contribution is -2.16. The van der Waals surface area contributed by atoms with Crippen LogP contribution in [0.15, 0.2) is 16.6 Å². The fourth-order valence-corrected chi connectivity index (χ4v) is 2.11. The number of rotatable bonds is 4. The molecule has 19 heavy (non-hydrogen) atoms. The van der Waals surface area contributed by atoms with Gasteiger partial charge in [0.2, 0.25) is 0 Å². The molecule has 0 saturated carbocycles. The maximum atomic E-state index is 11.7. The number of hydrogen-bond acceptors (Lipinski definition) is 4. The van der Waals surface area contributed by atoms with E-state index < -0.39 is 0 Å². The van der Waals surface area contributed by atoms with Crippen LogP contribution < -0.4 is 9.47 Å². The summed E-state index contributed by atoms with van der Waals surface area (Å²) in [5.74, 6) is 1.17. The summed E-state index contributed by atoms with van der Waals surface area (Å²) < 4.78 is 17.1. The van der Waals surface area contributed by atoms with Crippen molar-refractivity contribution in [2.45, 2.75) is 26.9 Å². The van der Waals surface area contributed by atoms with Crippen LogP contribution in [0.5, 0.6) is 11.5 Å². The first kappa shape index (κ1) is 14.2. The molecule has 0 spiro atoms. The Morgan fingerprint density at radius 3 is 2.63 bits per heavy atom. The molecule has 2 rings (SSSR count). The molecule has 0 amide bonds. The molecule has 0 radical (unpaired) electrons. The van der Waals surface area contributed by atoms with Gasteiger partial charge in [0, 0.05) is 10.0 Å². The lowest BCUT2D eigenvalue weighted by molar-refractivity contribution is -0.149. The molecule has 0 N–H and O–H groups in total. The highest BCUT2D eigenvalue weighted by molar-refractivity contribution is 9.10. The summed E-state index contributed by atoms with van der Waals surface area (Å²) in [7, 11) is 0. The van der Waals surface area contributed by atoms with Crippen LogP contribution in [0.2, 0.25) is 0 Å². The van der Waals surface area contributed by atoms with Crippen molar-refractivity contribution in [2.24, 2.45) is 5.92 Å². The Morgan fingerprint density at radius 1 is 1.37 bits per heavy atom. The van der Waals surface area contributed by atoms with Crippen molar-refractivity contribution in [1.29, 1.82) is 0 Å². The summed E-state index contributed by atoms with van der Waals surface area (Å²) in [6.45, 7) is 5.16. The zero-order valence-electron chi connectivity index (χ0n) is 11.1. The molecule has 0 bridgehead atoms. The van der Waals surface area contributed by atoms with E-state index in [0.29, 0.717) is 19.0 Å². The largest absolute Gasteiger partial charge is 0.486 e. The topological polar surface area (TPSA) is 44.8 Å². The normalized spacial score (nSPS) is 14.9. The van der Waals surface area contributed by atoms with Crippen LogP contribution in [0.4, 0.5) is 0 Å². The van der Waals surface area contributed by atoms with Gasteiger partial charge in [-0.05, 0) is 18.6 Å². The van der Waals surface area contributed by atoms with Gasteiger partial charge >= 0.3 is 5.97 Å². The second-order valence-corrected chi connectivity index (χ2v) is 5.36. The van der Waals surface area contributed by atoms with Crippen LogP contribution in [0.1, 0.15) is 25.8 Å². The maximum absolute atomic E-state index is 11.7. The fraction of sp³-hybridized carbons (Fsp3) is 0.500. The number of carbonyl (C=O) groups excluding carboxylic acids is 1. The maximum Gasteiger partial charge on any atom is 0.308 e. The van der Waals surface area contributed by atoms with Crippen molar-refractivity contribution >= 4 is 21.9 Å². The molecule has 104 valence electrons. The minimum atomic E-state index is -0.177. The van der Waals surface area contributed by atoms with Gasteiger partial charge < -0.3 is 14.2 Å². The predicted octanol–water partition coefficient (Wildman–Crippen LogP) is 3.31. The van der Waals surface area contributed by atoms with E-state index in [9.17, 15) is 4.79 Å². The molecular weight excluding hydrogens is 312 g/mol. The molecule has 1 unspecified atom stereocenters. The molecule has 1 aromatic carbocycles. The lowest BCUT2D eigenvalue weighted by atomic mass is 10.1. The van der Waals surface area contributed by atoms with Crippen molar-refractivity contribution in [2.75, 3.05) is 13.2 Å². The van der Waals surface area contributed by atoms with E-state index in [0.717, 1.165) is 22.2 Å². The minimum Gasteiger partial charge on any atom is -0.486 e. The Bertz CT molecular complexity index is 473. The van der Waals surface area contributed by atoms with Crippen molar-refractivity contribution in [3.05, 3.63) is 22.2 Å². The first-order valence-corrected chi connectivity index (χ1v) is 7.15. The second-order valence-electron chi connectivity index (χ2n) is 4.50. The first-order chi connectivity index (χ1) is 9.11. The third kappa shape index (κ3) is 3.41.